The summed E-state index contributed by atoms with van der Waals surface area (Å²) in [7, 11) is 0. The van der Waals surface area contributed by atoms with Crippen LogP contribution in [0, 0.1) is 5.82 Å². The number of halogens is 4. The van der Waals surface area contributed by atoms with E-state index in [-0.39, 0.29) is 5.76 Å². The molecule has 0 aliphatic carbocycles. The summed E-state index contributed by atoms with van der Waals surface area (Å²) in [6.07, 6.45) is -4.38. The first-order chi connectivity index (χ1) is 8.85. The fourth-order valence-corrected chi connectivity index (χ4v) is 1.56. The van der Waals surface area contributed by atoms with Gasteiger partial charge < -0.3 is 9.73 Å². The molecule has 1 aromatic carbocycles. The van der Waals surface area contributed by atoms with Crippen molar-refractivity contribution in [3.05, 3.63) is 35.8 Å². The van der Waals surface area contributed by atoms with Crippen LogP contribution in [0.2, 0.25) is 0 Å². The van der Waals surface area contributed by atoms with Crippen LogP contribution in [0.25, 0.3) is 11.0 Å². The van der Waals surface area contributed by atoms with Gasteiger partial charge in [-0.3, -0.25) is 4.79 Å². The lowest BCUT2D eigenvalue weighted by molar-refractivity contribution is -0.124. The molecule has 0 unspecified atom stereocenters. The molecule has 0 saturated carbocycles. The predicted octanol–water partition coefficient (Wildman–Crippen LogP) is 2.91. The van der Waals surface area contributed by atoms with Crippen molar-refractivity contribution in [2.75, 3.05) is 13.1 Å². The third-order valence-electron chi connectivity index (χ3n) is 2.36. The van der Waals surface area contributed by atoms with Crippen LogP contribution in [-0.4, -0.2) is 25.0 Å². The van der Waals surface area contributed by atoms with Gasteiger partial charge in [-0.05, 0) is 24.3 Å². The summed E-state index contributed by atoms with van der Waals surface area (Å²) in [4.78, 5) is 11.6. The maximum Gasteiger partial charge on any atom is 0.401 e. The van der Waals surface area contributed by atoms with Crippen molar-refractivity contribution in [2.24, 2.45) is 0 Å². The van der Waals surface area contributed by atoms with E-state index in [1.165, 1.54) is 24.3 Å². The number of fused-ring (bicyclic) bond motifs is 1. The van der Waals surface area contributed by atoms with Gasteiger partial charge in [0.15, 0.2) is 5.76 Å². The lowest BCUT2D eigenvalue weighted by Crippen LogP contribution is -2.32. The first-order valence-electron chi connectivity index (χ1n) is 5.35. The molecule has 7 heteroatoms. The van der Waals surface area contributed by atoms with Crippen LogP contribution in [0.15, 0.2) is 28.7 Å². The molecule has 2 aromatic rings. The van der Waals surface area contributed by atoms with E-state index >= 15 is 0 Å². The smallest absolute Gasteiger partial charge is 0.401 e. The molecule has 0 aliphatic heterocycles. The maximum atomic E-state index is 12.9. The van der Waals surface area contributed by atoms with Crippen molar-refractivity contribution in [3.63, 3.8) is 0 Å². The molecule has 1 heterocycles. The third-order valence-corrected chi connectivity index (χ3v) is 2.36. The first kappa shape index (κ1) is 13.5. The number of furan rings is 1. The number of carbonyl (C=O) groups excluding carboxylic acids is 1. The fourth-order valence-electron chi connectivity index (χ4n) is 1.56. The van der Waals surface area contributed by atoms with E-state index in [0.29, 0.717) is 11.0 Å². The van der Waals surface area contributed by atoms with Crippen molar-refractivity contribution < 1.29 is 26.8 Å². The highest BCUT2D eigenvalue weighted by atomic mass is 19.4. The summed E-state index contributed by atoms with van der Waals surface area (Å²) in [5, 5.41) is 2.36. The fraction of sp³-hybridized carbons (Fsp3) is 0.250. The van der Waals surface area contributed by atoms with Gasteiger partial charge in [-0.1, -0.05) is 0 Å². The van der Waals surface area contributed by atoms with Gasteiger partial charge in [0.1, 0.15) is 11.4 Å². The summed E-state index contributed by atoms with van der Waals surface area (Å²) >= 11 is 0. The summed E-state index contributed by atoms with van der Waals surface area (Å²) in [6, 6.07) is 5.00. The van der Waals surface area contributed by atoms with Gasteiger partial charge in [-0.25, -0.2) is 4.39 Å². The van der Waals surface area contributed by atoms with Gasteiger partial charge in [0.25, 0.3) is 0 Å². The molecule has 0 atom stereocenters. The Bertz CT molecular complexity index is 603. The second-order valence-corrected chi connectivity index (χ2v) is 3.93. The number of ketones is 1. The van der Waals surface area contributed by atoms with Crippen LogP contribution in [0.1, 0.15) is 10.6 Å². The van der Waals surface area contributed by atoms with Crippen molar-refractivity contribution in [3.8, 4) is 0 Å². The average molecular weight is 275 g/mol. The van der Waals surface area contributed by atoms with E-state index in [1.807, 2.05) is 5.32 Å². The minimum absolute atomic E-state index is 0.102. The normalized spacial score (nSPS) is 12.0. The largest absolute Gasteiger partial charge is 0.453 e. The highest BCUT2D eigenvalue weighted by Crippen LogP contribution is 2.20. The zero-order chi connectivity index (χ0) is 14.0. The maximum absolute atomic E-state index is 12.9. The Kier molecular flexibility index (Phi) is 3.57. The van der Waals surface area contributed by atoms with Gasteiger partial charge >= 0.3 is 6.18 Å². The van der Waals surface area contributed by atoms with E-state index in [2.05, 4.69) is 0 Å². The minimum atomic E-state index is -4.38. The van der Waals surface area contributed by atoms with Gasteiger partial charge in [-0.2, -0.15) is 13.2 Å². The van der Waals surface area contributed by atoms with Gasteiger partial charge in [0.05, 0.1) is 13.1 Å². The molecular weight excluding hydrogens is 266 g/mol. The summed E-state index contributed by atoms with van der Waals surface area (Å²) in [6.45, 7) is -1.75. The molecule has 0 saturated heterocycles. The average Bonchev–Trinajstić information content (AvgIpc) is 2.70. The molecule has 2 rings (SSSR count). The molecule has 0 fully saturated rings. The van der Waals surface area contributed by atoms with Crippen LogP contribution in [0.4, 0.5) is 17.6 Å². The van der Waals surface area contributed by atoms with Crippen molar-refractivity contribution >= 4 is 16.8 Å². The number of nitrogens with one attached hydrogen (secondary N) is 1. The van der Waals surface area contributed by atoms with Crippen LogP contribution < -0.4 is 5.32 Å². The zero-order valence-corrected chi connectivity index (χ0v) is 9.55. The number of carbonyl (C=O) groups is 1. The van der Waals surface area contributed by atoms with Crippen molar-refractivity contribution in [2.45, 2.75) is 6.18 Å². The second-order valence-electron chi connectivity index (χ2n) is 3.93. The highest BCUT2D eigenvalue weighted by Gasteiger charge is 2.26. The Morgan fingerprint density at radius 3 is 2.68 bits per heavy atom. The van der Waals surface area contributed by atoms with Crippen molar-refractivity contribution in [1.82, 2.24) is 5.32 Å². The van der Waals surface area contributed by atoms with Crippen LogP contribution in [0.3, 0.4) is 0 Å². The number of hydrogen-bond acceptors (Lipinski definition) is 3. The Balaban J connectivity index is 2.05. The number of Topliss-reactive ketones (excluding diaryl/α,β-unsaturated/α-hetero) is 1. The van der Waals surface area contributed by atoms with E-state index < -0.39 is 30.9 Å². The quantitative estimate of drug-likeness (QED) is 0.689. The third kappa shape index (κ3) is 3.54. The highest BCUT2D eigenvalue weighted by molar-refractivity contribution is 5.98. The SMILES string of the molecule is O=C(CNCC(F)(F)F)c1cc2cc(F)ccc2o1. The molecule has 0 amide bonds. The van der Waals surface area contributed by atoms with Crippen molar-refractivity contribution in [1.29, 1.82) is 0 Å². The number of hydrogen-bond donors (Lipinski definition) is 1. The van der Waals surface area contributed by atoms with Crippen LogP contribution in [-0.2, 0) is 0 Å². The molecule has 102 valence electrons. The van der Waals surface area contributed by atoms with Crippen LogP contribution in [0.5, 0.6) is 0 Å². The molecule has 0 aliphatic rings. The lowest BCUT2D eigenvalue weighted by atomic mass is 10.2. The Hall–Kier alpha value is -1.89. The summed E-state index contributed by atoms with van der Waals surface area (Å²) in [5.41, 5.74) is 0.306. The van der Waals surface area contributed by atoms with Gasteiger partial charge in [0, 0.05) is 5.39 Å². The Morgan fingerprint density at radius 1 is 1.26 bits per heavy atom. The molecule has 19 heavy (non-hydrogen) atoms. The Morgan fingerprint density at radius 2 is 2.00 bits per heavy atom. The zero-order valence-electron chi connectivity index (χ0n) is 9.55. The van der Waals surface area contributed by atoms with E-state index in [0.717, 1.165) is 0 Å². The minimum Gasteiger partial charge on any atom is -0.453 e. The number of alkyl halides is 3. The first-order valence-corrected chi connectivity index (χ1v) is 5.35. The lowest BCUT2D eigenvalue weighted by Gasteiger charge is -2.06. The Labute approximate surface area is 105 Å². The second kappa shape index (κ2) is 5.00. The van der Waals surface area contributed by atoms with Gasteiger partial charge in [0.2, 0.25) is 5.78 Å². The van der Waals surface area contributed by atoms with E-state index in [4.69, 9.17) is 4.42 Å². The summed E-state index contributed by atoms with van der Waals surface area (Å²) in [5.74, 6) is -1.21. The molecule has 0 spiro atoms. The molecule has 0 bridgehead atoms. The molecule has 1 N–H and O–H groups in total. The monoisotopic (exact) mass is 275 g/mol. The number of rotatable bonds is 4. The molecular formula is C12H9F4NO2. The van der Waals surface area contributed by atoms with Crippen LogP contribution >= 0.6 is 0 Å². The van der Waals surface area contributed by atoms with E-state index in [9.17, 15) is 22.4 Å². The number of benzene rings is 1. The predicted molar refractivity (Wildman–Crippen MR) is 59.4 cm³/mol. The van der Waals surface area contributed by atoms with E-state index in [1.54, 1.807) is 0 Å². The standard InChI is InChI=1S/C12H9F4NO2/c13-8-1-2-10-7(3-8)4-11(19-10)9(18)5-17-6-12(14,15)16/h1-4,17H,5-6H2. The topological polar surface area (TPSA) is 42.2 Å². The van der Waals surface area contributed by atoms with Gasteiger partial charge in [-0.15, -0.1) is 0 Å². The molecule has 1 aromatic heterocycles. The summed E-state index contributed by atoms with van der Waals surface area (Å²) < 4.78 is 53.7. The molecule has 0 radical (unpaired) electrons. The molecule has 3 nitrogen and oxygen atoms in total.